The van der Waals surface area contributed by atoms with E-state index >= 15 is 0 Å². The number of nitrogens with zero attached hydrogens (tertiary/aromatic N) is 3. The molecule has 0 atom stereocenters. The van der Waals surface area contributed by atoms with Crippen molar-refractivity contribution in [3.63, 3.8) is 0 Å². The molecule has 0 fully saturated rings. The Hall–Kier alpha value is -1.98. The summed E-state index contributed by atoms with van der Waals surface area (Å²) in [7, 11) is 1.84. The van der Waals surface area contributed by atoms with Crippen LogP contribution in [0.2, 0.25) is 0 Å². The Morgan fingerprint density at radius 3 is 3.07 bits per heavy atom. The quantitative estimate of drug-likeness (QED) is 0.675. The Kier molecular flexibility index (Phi) is 2.57. The lowest BCUT2D eigenvalue weighted by molar-refractivity contribution is 0.767. The molecular formula is C9H14N6. The van der Waals surface area contributed by atoms with Crippen molar-refractivity contribution >= 4 is 11.5 Å². The summed E-state index contributed by atoms with van der Waals surface area (Å²) in [5.41, 5.74) is 6.40. The van der Waals surface area contributed by atoms with Crippen molar-refractivity contribution in [2.45, 2.75) is 6.42 Å². The number of rotatable bonds is 4. The van der Waals surface area contributed by atoms with E-state index in [0.717, 1.165) is 24.6 Å². The number of aromatic nitrogens is 4. The third-order valence-electron chi connectivity index (χ3n) is 2.07. The zero-order valence-corrected chi connectivity index (χ0v) is 8.57. The van der Waals surface area contributed by atoms with Crippen molar-refractivity contribution < 1.29 is 0 Å². The predicted molar refractivity (Wildman–Crippen MR) is 58.4 cm³/mol. The van der Waals surface area contributed by atoms with Crippen LogP contribution in [0.3, 0.4) is 0 Å². The van der Waals surface area contributed by atoms with Crippen molar-refractivity contribution in [3.05, 3.63) is 24.4 Å². The van der Waals surface area contributed by atoms with Gasteiger partial charge in [0.1, 0.15) is 5.82 Å². The standard InChI is InChI=1S/C9H14N6/c1-15-6-7(10)9(14-15)13-3-2-8-11-4-5-12-8/h4-6H,2-3,10H2,1H3,(H,11,12)(H,13,14). The molecule has 2 rings (SSSR count). The van der Waals surface area contributed by atoms with Gasteiger partial charge in [-0.3, -0.25) is 4.68 Å². The van der Waals surface area contributed by atoms with E-state index in [1.807, 2.05) is 13.2 Å². The lowest BCUT2D eigenvalue weighted by Gasteiger charge is -2.01. The van der Waals surface area contributed by atoms with Gasteiger partial charge in [0.25, 0.3) is 0 Å². The monoisotopic (exact) mass is 206 g/mol. The summed E-state index contributed by atoms with van der Waals surface area (Å²) in [5.74, 6) is 1.68. The van der Waals surface area contributed by atoms with Crippen LogP contribution in [0.15, 0.2) is 18.6 Å². The molecule has 6 nitrogen and oxygen atoms in total. The molecule has 0 saturated heterocycles. The van der Waals surface area contributed by atoms with Gasteiger partial charge in [0, 0.05) is 38.6 Å². The molecule has 15 heavy (non-hydrogen) atoms. The first kappa shape index (κ1) is 9.57. The van der Waals surface area contributed by atoms with Gasteiger partial charge >= 0.3 is 0 Å². The molecule has 0 aliphatic rings. The fourth-order valence-electron chi connectivity index (χ4n) is 1.38. The van der Waals surface area contributed by atoms with Gasteiger partial charge in [0.2, 0.25) is 0 Å². The van der Waals surface area contributed by atoms with Crippen LogP contribution in [0, 0.1) is 0 Å². The van der Waals surface area contributed by atoms with E-state index in [0.29, 0.717) is 5.69 Å². The van der Waals surface area contributed by atoms with Crippen LogP contribution in [0.25, 0.3) is 0 Å². The van der Waals surface area contributed by atoms with Crippen LogP contribution < -0.4 is 11.1 Å². The summed E-state index contributed by atoms with van der Waals surface area (Å²) in [6.45, 7) is 0.759. The Morgan fingerprint density at radius 1 is 1.60 bits per heavy atom. The summed E-state index contributed by atoms with van der Waals surface area (Å²) in [6, 6.07) is 0. The minimum Gasteiger partial charge on any atom is -0.394 e. The number of H-pyrrole nitrogens is 1. The Bertz CT molecular complexity index is 416. The number of aryl methyl sites for hydroxylation is 1. The van der Waals surface area contributed by atoms with E-state index in [4.69, 9.17) is 5.73 Å². The molecule has 0 aliphatic carbocycles. The average molecular weight is 206 g/mol. The first-order chi connectivity index (χ1) is 7.25. The summed E-state index contributed by atoms with van der Waals surface area (Å²) in [4.78, 5) is 7.16. The van der Waals surface area contributed by atoms with Crippen LogP contribution >= 0.6 is 0 Å². The highest BCUT2D eigenvalue weighted by Crippen LogP contribution is 2.13. The number of nitrogens with one attached hydrogen (secondary N) is 2. The first-order valence-electron chi connectivity index (χ1n) is 4.77. The summed E-state index contributed by atoms with van der Waals surface area (Å²) < 4.78 is 1.69. The molecule has 2 aromatic rings. The molecule has 6 heteroatoms. The largest absolute Gasteiger partial charge is 0.394 e. The van der Waals surface area contributed by atoms with Gasteiger partial charge in [0.05, 0.1) is 5.69 Å². The molecule has 4 N–H and O–H groups in total. The number of nitrogen functional groups attached to an aromatic ring is 1. The predicted octanol–water partition coefficient (Wildman–Crippen LogP) is 0.380. The Morgan fingerprint density at radius 2 is 2.47 bits per heavy atom. The van der Waals surface area contributed by atoms with Crippen LogP contribution in [-0.4, -0.2) is 26.3 Å². The third-order valence-corrected chi connectivity index (χ3v) is 2.07. The van der Waals surface area contributed by atoms with Gasteiger partial charge < -0.3 is 16.0 Å². The van der Waals surface area contributed by atoms with Crippen molar-refractivity contribution in [3.8, 4) is 0 Å². The number of anilines is 2. The van der Waals surface area contributed by atoms with Crippen LogP contribution in [0.5, 0.6) is 0 Å². The average Bonchev–Trinajstić information content (AvgIpc) is 2.77. The highest BCUT2D eigenvalue weighted by Gasteiger charge is 2.02. The molecule has 0 spiro atoms. The van der Waals surface area contributed by atoms with Crippen molar-refractivity contribution in [1.29, 1.82) is 0 Å². The lowest BCUT2D eigenvalue weighted by Crippen LogP contribution is -2.07. The molecule has 0 unspecified atom stereocenters. The minimum absolute atomic E-state index is 0.664. The molecule has 0 radical (unpaired) electrons. The molecule has 2 aromatic heterocycles. The number of hydrogen-bond acceptors (Lipinski definition) is 4. The zero-order valence-electron chi connectivity index (χ0n) is 8.57. The number of aromatic amines is 1. The minimum atomic E-state index is 0.664. The van der Waals surface area contributed by atoms with Gasteiger partial charge in [-0.15, -0.1) is 0 Å². The van der Waals surface area contributed by atoms with Gasteiger partial charge in [-0.25, -0.2) is 4.98 Å². The normalized spacial score (nSPS) is 10.5. The smallest absolute Gasteiger partial charge is 0.171 e. The topological polar surface area (TPSA) is 84.5 Å². The maximum atomic E-state index is 5.73. The molecule has 0 saturated carbocycles. The fourth-order valence-corrected chi connectivity index (χ4v) is 1.38. The SMILES string of the molecule is Cn1cc(N)c(NCCc2ncc[nH]2)n1. The van der Waals surface area contributed by atoms with E-state index < -0.39 is 0 Å². The van der Waals surface area contributed by atoms with Crippen molar-refractivity contribution in [1.82, 2.24) is 19.7 Å². The van der Waals surface area contributed by atoms with E-state index in [9.17, 15) is 0 Å². The number of imidazole rings is 1. The molecule has 0 bridgehead atoms. The van der Waals surface area contributed by atoms with Crippen LogP contribution in [-0.2, 0) is 13.5 Å². The molecule has 80 valence electrons. The molecule has 0 aromatic carbocycles. The van der Waals surface area contributed by atoms with Crippen molar-refractivity contribution in [2.24, 2.45) is 7.05 Å². The van der Waals surface area contributed by atoms with Gasteiger partial charge in [-0.2, -0.15) is 5.10 Å². The third kappa shape index (κ3) is 2.28. The van der Waals surface area contributed by atoms with Gasteiger partial charge in [-0.05, 0) is 0 Å². The summed E-state index contributed by atoms with van der Waals surface area (Å²) in [6.07, 6.45) is 6.15. The second kappa shape index (κ2) is 4.04. The zero-order chi connectivity index (χ0) is 10.7. The Balaban J connectivity index is 1.86. The Labute approximate surface area is 87.5 Å². The van der Waals surface area contributed by atoms with Gasteiger partial charge in [-0.1, -0.05) is 0 Å². The number of nitrogens with two attached hydrogens (primary N) is 1. The molecule has 0 aliphatic heterocycles. The van der Waals surface area contributed by atoms with Crippen LogP contribution in [0.1, 0.15) is 5.82 Å². The van der Waals surface area contributed by atoms with E-state index in [2.05, 4.69) is 20.4 Å². The van der Waals surface area contributed by atoms with Gasteiger partial charge in [0.15, 0.2) is 5.82 Å². The summed E-state index contributed by atoms with van der Waals surface area (Å²) >= 11 is 0. The van der Waals surface area contributed by atoms with E-state index in [1.54, 1.807) is 17.1 Å². The second-order valence-corrected chi connectivity index (χ2v) is 3.32. The maximum Gasteiger partial charge on any atom is 0.171 e. The lowest BCUT2D eigenvalue weighted by atomic mass is 10.4. The van der Waals surface area contributed by atoms with Crippen LogP contribution in [0.4, 0.5) is 11.5 Å². The highest BCUT2D eigenvalue weighted by molar-refractivity contribution is 5.59. The van der Waals surface area contributed by atoms with E-state index in [1.165, 1.54) is 0 Å². The molecule has 0 amide bonds. The van der Waals surface area contributed by atoms with E-state index in [-0.39, 0.29) is 0 Å². The van der Waals surface area contributed by atoms with Crippen molar-refractivity contribution in [2.75, 3.05) is 17.6 Å². The molecule has 2 heterocycles. The molecular weight excluding hydrogens is 192 g/mol. The summed E-state index contributed by atoms with van der Waals surface area (Å²) in [5, 5.41) is 7.33. The first-order valence-corrected chi connectivity index (χ1v) is 4.77. The fraction of sp³-hybridized carbons (Fsp3) is 0.333. The second-order valence-electron chi connectivity index (χ2n) is 3.32. The maximum absolute atomic E-state index is 5.73. The number of hydrogen-bond donors (Lipinski definition) is 3. The highest BCUT2D eigenvalue weighted by atomic mass is 15.3.